The van der Waals surface area contributed by atoms with Crippen molar-refractivity contribution in [3.05, 3.63) is 41.3 Å². The van der Waals surface area contributed by atoms with Crippen LogP contribution in [-0.4, -0.2) is 24.9 Å². The van der Waals surface area contributed by atoms with E-state index in [4.69, 9.17) is 0 Å². The molecule has 0 fully saturated rings. The zero-order valence-electron chi connectivity index (χ0n) is 12.9. The standard InChI is InChI=1S/C16H24O4S/c1-11(12(2)13(3)14(4)16(17)18)10-21(19,20)15-8-6-5-7-9-15/h5-10,12-14,16-18H,1-4H3/b11-10+/t12?,13?,14-/m1/s1. The van der Waals surface area contributed by atoms with Crippen molar-refractivity contribution in [1.82, 2.24) is 0 Å². The van der Waals surface area contributed by atoms with Gasteiger partial charge < -0.3 is 10.2 Å². The third-order valence-electron chi connectivity index (χ3n) is 4.22. The predicted molar refractivity (Wildman–Crippen MR) is 83.1 cm³/mol. The smallest absolute Gasteiger partial charge is 0.199 e. The Kier molecular flexibility index (Phi) is 6.13. The first-order chi connectivity index (χ1) is 9.66. The molecule has 1 aromatic rings. The van der Waals surface area contributed by atoms with Crippen LogP contribution in [0.5, 0.6) is 0 Å². The second kappa shape index (κ2) is 7.20. The predicted octanol–water partition coefficient (Wildman–Crippen LogP) is 2.58. The molecule has 0 saturated carbocycles. The van der Waals surface area contributed by atoms with E-state index < -0.39 is 16.1 Å². The van der Waals surface area contributed by atoms with Crippen LogP contribution >= 0.6 is 0 Å². The van der Waals surface area contributed by atoms with Gasteiger partial charge in [-0.3, -0.25) is 0 Å². The summed E-state index contributed by atoms with van der Waals surface area (Å²) in [7, 11) is -3.47. The van der Waals surface area contributed by atoms with E-state index in [1.165, 1.54) is 5.41 Å². The summed E-state index contributed by atoms with van der Waals surface area (Å²) in [5, 5.41) is 19.8. The Hall–Kier alpha value is -1.17. The van der Waals surface area contributed by atoms with Gasteiger partial charge in [-0.05, 0) is 30.9 Å². The lowest BCUT2D eigenvalue weighted by Gasteiger charge is -2.27. The summed E-state index contributed by atoms with van der Waals surface area (Å²) in [6.45, 7) is 7.29. The van der Waals surface area contributed by atoms with Gasteiger partial charge in [0.05, 0.1) is 4.90 Å². The van der Waals surface area contributed by atoms with E-state index >= 15 is 0 Å². The van der Waals surface area contributed by atoms with E-state index in [9.17, 15) is 18.6 Å². The van der Waals surface area contributed by atoms with Gasteiger partial charge in [0, 0.05) is 11.3 Å². The monoisotopic (exact) mass is 312 g/mol. The number of aliphatic hydroxyl groups excluding tert-OH is 1. The highest BCUT2D eigenvalue weighted by Gasteiger charge is 2.25. The molecular weight excluding hydrogens is 288 g/mol. The topological polar surface area (TPSA) is 74.6 Å². The number of benzene rings is 1. The van der Waals surface area contributed by atoms with Crippen LogP contribution in [-0.2, 0) is 9.84 Å². The van der Waals surface area contributed by atoms with Crippen molar-refractivity contribution in [1.29, 1.82) is 0 Å². The fourth-order valence-corrected chi connectivity index (χ4v) is 3.55. The van der Waals surface area contributed by atoms with Crippen LogP contribution in [0.1, 0.15) is 27.7 Å². The van der Waals surface area contributed by atoms with Gasteiger partial charge in [0.2, 0.25) is 0 Å². The Morgan fingerprint density at radius 1 is 1.05 bits per heavy atom. The molecule has 2 N–H and O–H groups in total. The number of allylic oxidation sites excluding steroid dienone is 1. The lowest BCUT2D eigenvalue weighted by Crippen LogP contribution is -2.28. The maximum absolute atomic E-state index is 12.3. The molecule has 1 aromatic carbocycles. The fourth-order valence-electron chi connectivity index (χ4n) is 2.17. The zero-order valence-corrected chi connectivity index (χ0v) is 13.7. The minimum atomic E-state index is -3.47. The minimum Gasteiger partial charge on any atom is -0.368 e. The molecule has 0 bridgehead atoms. The second-order valence-electron chi connectivity index (χ2n) is 5.64. The van der Waals surface area contributed by atoms with E-state index in [1.54, 1.807) is 44.2 Å². The van der Waals surface area contributed by atoms with Crippen LogP contribution in [0.25, 0.3) is 0 Å². The van der Waals surface area contributed by atoms with E-state index in [-0.39, 0.29) is 22.6 Å². The maximum Gasteiger partial charge on any atom is 0.199 e. The molecule has 2 unspecified atom stereocenters. The summed E-state index contributed by atoms with van der Waals surface area (Å²) < 4.78 is 24.6. The molecule has 0 aliphatic carbocycles. The van der Waals surface area contributed by atoms with Crippen molar-refractivity contribution >= 4 is 9.84 Å². The van der Waals surface area contributed by atoms with E-state index in [0.29, 0.717) is 5.57 Å². The van der Waals surface area contributed by atoms with Gasteiger partial charge >= 0.3 is 0 Å². The molecule has 0 heterocycles. The molecule has 3 atom stereocenters. The molecule has 0 aromatic heterocycles. The second-order valence-corrected chi connectivity index (χ2v) is 7.44. The molecule has 0 amide bonds. The van der Waals surface area contributed by atoms with Crippen molar-refractivity contribution in [2.24, 2.45) is 17.8 Å². The van der Waals surface area contributed by atoms with Gasteiger partial charge in [-0.15, -0.1) is 0 Å². The van der Waals surface area contributed by atoms with Gasteiger partial charge in [0.15, 0.2) is 16.1 Å². The first kappa shape index (κ1) is 17.9. The lowest BCUT2D eigenvalue weighted by atomic mass is 9.81. The molecule has 1 rings (SSSR count). The summed E-state index contributed by atoms with van der Waals surface area (Å²) in [6.07, 6.45) is -1.40. The minimum absolute atomic E-state index is 0.0489. The third kappa shape index (κ3) is 4.66. The number of hydrogen-bond donors (Lipinski definition) is 2. The highest BCUT2D eigenvalue weighted by molar-refractivity contribution is 7.94. The van der Waals surface area contributed by atoms with Crippen LogP contribution in [0.3, 0.4) is 0 Å². The zero-order chi connectivity index (χ0) is 16.2. The highest BCUT2D eigenvalue weighted by atomic mass is 32.2. The lowest BCUT2D eigenvalue weighted by molar-refractivity contribution is -0.0964. The average molecular weight is 312 g/mol. The van der Waals surface area contributed by atoms with E-state index in [1.807, 2.05) is 13.8 Å². The quantitative estimate of drug-likeness (QED) is 0.792. The van der Waals surface area contributed by atoms with Crippen LogP contribution in [0, 0.1) is 17.8 Å². The Morgan fingerprint density at radius 2 is 1.57 bits per heavy atom. The van der Waals surface area contributed by atoms with Crippen LogP contribution in [0.4, 0.5) is 0 Å². The van der Waals surface area contributed by atoms with Crippen molar-refractivity contribution in [3.8, 4) is 0 Å². The maximum atomic E-state index is 12.3. The largest absolute Gasteiger partial charge is 0.368 e. The summed E-state index contributed by atoms with van der Waals surface area (Å²) in [6, 6.07) is 8.27. The number of rotatable bonds is 6. The first-order valence-corrected chi connectivity index (χ1v) is 8.56. The Morgan fingerprint density at radius 3 is 2.05 bits per heavy atom. The fraction of sp³-hybridized carbons (Fsp3) is 0.500. The Balaban J connectivity index is 2.99. The summed E-state index contributed by atoms with van der Waals surface area (Å²) in [4.78, 5) is 0.263. The molecule has 0 saturated heterocycles. The average Bonchev–Trinajstić information content (AvgIpc) is 2.45. The summed E-state index contributed by atoms with van der Waals surface area (Å²) in [5.41, 5.74) is 0.707. The highest BCUT2D eigenvalue weighted by Crippen LogP contribution is 2.29. The molecule has 21 heavy (non-hydrogen) atoms. The summed E-state index contributed by atoms with van der Waals surface area (Å²) in [5.74, 6) is -0.449. The van der Waals surface area contributed by atoms with E-state index in [0.717, 1.165) is 0 Å². The van der Waals surface area contributed by atoms with E-state index in [2.05, 4.69) is 0 Å². The van der Waals surface area contributed by atoms with Gasteiger partial charge in [-0.1, -0.05) is 44.5 Å². The van der Waals surface area contributed by atoms with Gasteiger partial charge in [-0.25, -0.2) is 8.42 Å². The van der Waals surface area contributed by atoms with Gasteiger partial charge in [0.1, 0.15) is 0 Å². The molecule has 0 aliphatic heterocycles. The van der Waals surface area contributed by atoms with Crippen molar-refractivity contribution in [2.75, 3.05) is 0 Å². The molecule has 5 heteroatoms. The molecule has 4 nitrogen and oxygen atoms in total. The Bertz CT molecular complexity index is 576. The molecular formula is C16H24O4S. The molecule has 118 valence electrons. The van der Waals surface area contributed by atoms with Gasteiger partial charge in [0.25, 0.3) is 0 Å². The van der Waals surface area contributed by atoms with Crippen LogP contribution in [0.2, 0.25) is 0 Å². The number of sulfone groups is 1. The summed E-state index contributed by atoms with van der Waals surface area (Å²) >= 11 is 0. The first-order valence-electron chi connectivity index (χ1n) is 7.01. The Labute approximate surface area is 127 Å². The van der Waals surface area contributed by atoms with Crippen LogP contribution < -0.4 is 0 Å². The molecule has 0 aliphatic rings. The number of hydrogen-bond acceptors (Lipinski definition) is 4. The number of aliphatic hydroxyl groups is 2. The van der Waals surface area contributed by atoms with Crippen molar-refractivity contribution in [3.63, 3.8) is 0 Å². The van der Waals surface area contributed by atoms with Gasteiger partial charge in [-0.2, -0.15) is 0 Å². The van der Waals surface area contributed by atoms with Crippen molar-refractivity contribution in [2.45, 2.75) is 38.9 Å². The normalized spacial score (nSPS) is 17.6. The molecule has 0 spiro atoms. The SMILES string of the molecule is C/C(=C\S(=O)(=O)c1ccccc1)C(C)C(C)[C@@H](C)C(O)O. The molecule has 0 radical (unpaired) electrons. The van der Waals surface area contributed by atoms with Crippen molar-refractivity contribution < 1.29 is 18.6 Å². The third-order valence-corrected chi connectivity index (χ3v) is 5.83. The van der Waals surface area contributed by atoms with Crippen LogP contribution in [0.15, 0.2) is 46.2 Å².